The number of aromatic nitrogens is 1. The number of pyridine rings is 1. The van der Waals surface area contributed by atoms with E-state index in [9.17, 15) is 4.79 Å². The van der Waals surface area contributed by atoms with Crippen molar-refractivity contribution in [2.24, 2.45) is 0 Å². The summed E-state index contributed by atoms with van der Waals surface area (Å²) in [6, 6.07) is 11.1. The number of rotatable bonds is 3. The molecule has 5 heteroatoms. The van der Waals surface area contributed by atoms with Gasteiger partial charge in [-0.15, -0.1) is 0 Å². The van der Waals surface area contributed by atoms with Gasteiger partial charge < -0.3 is 10.6 Å². The third-order valence-electron chi connectivity index (χ3n) is 2.55. The SMILES string of the molecule is Cc1ccc(NC(=O)N/C=C/c2ccccc2Br)cn1. The Labute approximate surface area is 126 Å². The zero-order valence-electron chi connectivity index (χ0n) is 10.9. The van der Waals surface area contributed by atoms with Crippen molar-refractivity contribution in [3.05, 3.63) is 64.5 Å². The molecule has 0 atom stereocenters. The minimum absolute atomic E-state index is 0.307. The molecule has 1 heterocycles. The Morgan fingerprint density at radius 1 is 1.25 bits per heavy atom. The van der Waals surface area contributed by atoms with Crippen LogP contribution >= 0.6 is 15.9 Å². The zero-order valence-corrected chi connectivity index (χ0v) is 12.5. The van der Waals surface area contributed by atoms with Crippen molar-refractivity contribution in [1.82, 2.24) is 10.3 Å². The normalized spacial score (nSPS) is 10.5. The van der Waals surface area contributed by atoms with Gasteiger partial charge in [0.25, 0.3) is 0 Å². The van der Waals surface area contributed by atoms with Gasteiger partial charge in [-0.05, 0) is 36.8 Å². The Bertz CT molecular complexity index is 623. The van der Waals surface area contributed by atoms with Gasteiger partial charge in [0.15, 0.2) is 0 Å². The summed E-state index contributed by atoms with van der Waals surface area (Å²) in [4.78, 5) is 15.8. The Hall–Kier alpha value is -2.14. The van der Waals surface area contributed by atoms with Gasteiger partial charge in [0.05, 0.1) is 11.9 Å². The molecule has 2 rings (SSSR count). The molecule has 2 aromatic rings. The van der Waals surface area contributed by atoms with Crippen LogP contribution in [0.15, 0.2) is 53.3 Å². The van der Waals surface area contributed by atoms with Gasteiger partial charge in [-0.25, -0.2) is 4.79 Å². The smallest absolute Gasteiger partial charge is 0.314 e. The highest BCUT2D eigenvalue weighted by molar-refractivity contribution is 9.10. The lowest BCUT2D eigenvalue weighted by Gasteiger charge is -2.04. The van der Waals surface area contributed by atoms with Gasteiger partial charge in [0.1, 0.15) is 0 Å². The summed E-state index contributed by atoms with van der Waals surface area (Å²) in [6.45, 7) is 1.89. The first-order chi connectivity index (χ1) is 9.65. The molecule has 20 heavy (non-hydrogen) atoms. The van der Waals surface area contributed by atoms with Gasteiger partial charge in [-0.2, -0.15) is 0 Å². The minimum atomic E-state index is -0.307. The summed E-state index contributed by atoms with van der Waals surface area (Å²) < 4.78 is 0.973. The fraction of sp³-hybridized carbons (Fsp3) is 0.0667. The molecule has 0 radical (unpaired) electrons. The van der Waals surface area contributed by atoms with E-state index in [0.717, 1.165) is 15.7 Å². The lowest BCUT2D eigenvalue weighted by molar-refractivity contribution is 0.255. The second-order valence-corrected chi connectivity index (χ2v) is 5.00. The van der Waals surface area contributed by atoms with E-state index in [1.165, 1.54) is 0 Å². The predicted octanol–water partition coefficient (Wildman–Crippen LogP) is 3.94. The molecule has 4 nitrogen and oxygen atoms in total. The van der Waals surface area contributed by atoms with Crippen LogP contribution in [0.25, 0.3) is 6.08 Å². The lowest BCUT2D eigenvalue weighted by Crippen LogP contribution is -2.23. The number of carbonyl (C=O) groups excluding carboxylic acids is 1. The van der Waals surface area contributed by atoms with E-state index in [-0.39, 0.29) is 6.03 Å². The van der Waals surface area contributed by atoms with Crippen LogP contribution < -0.4 is 10.6 Å². The molecular formula is C15H14BrN3O. The highest BCUT2D eigenvalue weighted by Crippen LogP contribution is 2.16. The van der Waals surface area contributed by atoms with Crippen molar-refractivity contribution in [2.45, 2.75) is 6.92 Å². The third kappa shape index (κ3) is 4.20. The first-order valence-electron chi connectivity index (χ1n) is 6.06. The van der Waals surface area contributed by atoms with Crippen LogP contribution in [0, 0.1) is 6.92 Å². The highest BCUT2D eigenvalue weighted by atomic mass is 79.9. The van der Waals surface area contributed by atoms with Crippen LogP contribution in [0.2, 0.25) is 0 Å². The number of nitrogens with one attached hydrogen (secondary N) is 2. The molecule has 2 amide bonds. The molecule has 0 unspecified atom stereocenters. The number of nitrogens with zero attached hydrogens (tertiary/aromatic N) is 1. The van der Waals surface area contributed by atoms with E-state index in [0.29, 0.717) is 5.69 Å². The number of hydrogen-bond acceptors (Lipinski definition) is 2. The summed E-state index contributed by atoms with van der Waals surface area (Å²) in [5.41, 5.74) is 2.55. The van der Waals surface area contributed by atoms with Crippen molar-refractivity contribution in [1.29, 1.82) is 0 Å². The Balaban J connectivity index is 1.89. The number of carbonyl (C=O) groups is 1. The number of amides is 2. The van der Waals surface area contributed by atoms with Gasteiger partial charge in [-0.3, -0.25) is 4.98 Å². The second-order valence-electron chi connectivity index (χ2n) is 4.14. The Morgan fingerprint density at radius 2 is 2.05 bits per heavy atom. The maximum Gasteiger partial charge on any atom is 0.323 e. The average molecular weight is 332 g/mol. The van der Waals surface area contributed by atoms with Gasteiger partial charge >= 0.3 is 6.03 Å². The number of urea groups is 1. The summed E-state index contributed by atoms with van der Waals surface area (Å²) in [5, 5.41) is 5.34. The van der Waals surface area contributed by atoms with Crippen molar-refractivity contribution in [3.63, 3.8) is 0 Å². The highest BCUT2D eigenvalue weighted by Gasteiger charge is 1.99. The fourth-order valence-electron chi connectivity index (χ4n) is 1.53. The number of hydrogen-bond donors (Lipinski definition) is 2. The molecular weight excluding hydrogens is 318 g/mol. The van der Waals surface area contributed by atoms with Crippen LogP contribution in [0.1, 0.15) is 11.3 Å². The number of aryl methyl sites for hydroxylation is 1. The zero-order chi connectivity index (χ0) is 14.4. The van der Waals surface area contributed by atoms with Crippen LogP contribution in [0.4, 0.5) is 10.5 Å². The fourth-order valence-corrected chi connectivity index (χ4v) is 1.94. The Morgan fingerprint density at radius 3 is 2.75 bits per heavy atom. The van der Waals surface area contributed by atoms with Gasteiger partial charge in [0, 0.05) is 16.4 Å². The summed E-state index contributed by atoms with van der Waals surface area (Å²) >= 11 is 3.44. The lowest BCUT2D eigenvalue weighted by atomic mass is 10.2. The first-order valence-corrected chi connectivity index (χ1v) is 6.86. The molecule has 2 N–H and O–H groups in total. The molecule has 0 aliphatic carbocycles. The van der Waals surface area contributed by atoms with E-state index >= 15 is 0 Å². The number of benzene rings is 1. The van der Waals surface area contributed by atoms with Crippen molar-refractivity contribution >= 4 is 33.7 Å². The van der Waals surface area contributed by atoms with Crippen molar-refractivity contribution < 1.29 is 4.79 Å². The molecule has 102 valence electrons. The maximum atomic E-state index is 11.7. The largest absolute Gasteiger partial charge is 0.323 e. The van der Waals surface area contributed by atoms with E-state index < -0.39 is 0 Å². The van der Waals surface area contributed by atoms with E-state index in [2.05, 4.69) is 31.5 Å². The molecule has 1 aromatic carbocycles. The molecule has 0 aliphatic heterocycles. The number of anilines is 1. The number of halogens is 1. The standard InChI is InChI=1S/C15H14BrN3O/c1-11-6-7-13(10-18-11)19-15(20)17-9-8-12-4-2-3-5-14(12)16/h2-10H,1H3,(H2,17,19,20)/b9-8+. The van der Waals surface area contributed by atoms with Crippen LogP contribution in [0.5, 0.6) is 0 Å². The summed E-state index contributed by atoms with van der Waals surface area (Å²) in [5.74, 6) is 0. The van der Waals surface area contributed by atoms with Crippen LogP contribution in [-0.2, 0) is 0 Å². The monoisotopic (exact) mass is 331 g/mol. The van der Waals surface area contributed by atoms with Crippen molar-refractivity contribution in [2.75, 3.05) is 5.32 Å². The molecule has 0 saturated carbocycles. The van der Waals surface area contributed by atoms with Gasteiger partial charge in [0.2, 0.25) is 0 Å². The first kappa shape index (κ1) is 14.3. The molecule has 1 aromatic heterocycles. The predicted molar refractivity (Wildman–Crippen MR) is 84.3 cm³/mol. The van der Waals surface area contributed by atoms with Gasteiger partial charge in [-0.1, -0.05) is 34.1 Å². The van der Waals surface area contributed by atoms with Crippen molar-refractivity contribution in [3.8, 4) is 0 Å². The maximum absolute atomic E-state index is 11.7. The van der Waals surface area contributed by atoms with E-state index in [1.807, 2.05) is 43.3 Å². The quantitative estimate of drug-likeness (QED) is 0.894. The van der Waals surface area contributed by atoms with Crippen LogP contribution in [0.3, 0.4) is 0 Å². The topological polar surface area (TPSA) is 54.0 Å². The minimum Gasteiger partial charge on any atom is -0.314 e. The van der Waals surface area contributed by atoms with E-state index in [1.54, 1.807) is 18.5 Å². The average Bonchev–Trinajstić information content (AvgIpc) is 2.43. The summed E-state index contributed by atoms with van der Waals surface area (Å²) in [7, 11) is 0. The molecule has 0 saturated heterocycles. The molecule has 0 bridgehead atoms. The molecule has 0 spiro atoms. The Kier molecular flexibility index (Phi) is 4.90. The van der Waals surface area contributed by atoms with Crippen LogP contribution in [-0.4, -0.2) is 11.0 Å². The molecule has 0 aliphatic rings. The van der Waals surface area contributed by atoms with E-state index in [4.69, 9.17) is 0 Å². The third-order valence-corrected chi connectivity index (χ3v) is 3.27. The summed E-state index contributed by atoms with van der Waals surface area (Å²) in [6.07, 6.45) is 5.03. The molecule has 0 fully saturated rings. The second kappa shape index (κ2) is 6.86.